The number of carbonyl (C=O) groups is 2. The molecule has 1 aliphatic carbocycles. The van der Waals surface area contributed by atoms with Crippen molar-refractivity contribution in [2.45, 2.75) is 57.5 Å². The van der Waals surface area contributed by atoms with Crippen molar-refractivity contribution in [3.8, 4) is 0 Å². The predicted molar refractivity (Wildman–Crippen MR) is 73.4 cm³/mol. The highest BCUT2D eigenvalue weighted by Crippen LogP contribution is 2.32. The molecule has 0 bridgehead atoms. The first-order valence-corrected chi connectivity index (χ1v) is 6.95. The summed E-state index contributed by atoms with van der Waals surface area (Å²) in [5, 5.41) is 12.0. The van der Waals surface area contributed by atoms with E-state index in [-0.39, 0.29) is 11.8 Å². The van der Waals surface area contributed by atoms with Gasteiger partial charge in [0.1, 0.15) is 17.4 Å². The van der Waals surface area contributed by atoms with E-state index in [2.05, 4.69) is 10.3 Å². The van der Waals surface area contributed by atoms with E-state index in [1.54, 1.807) is 23.9 Å². The Morgan fingerprint density at radius 1 is 1.40 bits per heavy atom. The van der Waals surface area contributed by atoms with Gasteiger partial charge in [-0.3, -0.25) is 4.79 Å². The van der Waals surface area contributed by atoms with Crippen LogP contribution < -0.4 is 5.32 Å². The van der Waals surface area contributed by atoms with Gasteiger partial charge >= 0.3 is 5.97 Å². The van der Waals surface area contributed by atoms with Crippen LogP contribution in [0.4, 0.5) is 0 Å². The van der Waals surface area contributed by atoms with Gasteiger partial charge in [0.25, 0.3) is 0 Å². The summed E-state index contributed by atoms with van der Waals surface area (Å²) in [7, 11) is 0. The Bertz CT molecular complexity index is 517. The molecular weight excluding hydrogens is 258 g/mol. The van der Waals surface area contributed by atoms with Crippen molar-refractivity contribution in [1.29, 1.82) is 0 Å². The van der Waals surface area contributed by atoms with Crippen molar-refractivity contribution in [2.75, 3.05) is 0 Å². The van der Waals surface area contributed by atoms with Gasteiger partial charge in [-0.05, 0) is 26.2 Å². The molecule has 1 aromatic rings. The molecule has 1 aliphatic rings. The average molecular weight is 279 g/mol. The first-order valence-electron chi connectivity index (χ1n) is 6.95. The lowest BCUT2D eigenvalue weighted by molar-refractivity contribution is -0.152. The summed E-state index contributed by atoms with van der Waals surface area (Å²) in [4.78, 5) is 27.8. The minimum absolute atomic E-state index is 0.206. The van der Waals surface area contributed by atoms with E-state index < -0.39 is 17.6 Å². The van der Waals surface area contributed by atoms with Crippen molar-refractivity contribution in [2.24, 2.45) is 0 Å². The lowest BCUT2D eigenvalue weighted by Gasteiger charge is -2.39. The van der Waals surface area contributed by atoms with Crippen LogP contribution in [0.3, 0.4) is 0 Å². The quantitative estimate of drug-likeness (QED) is 0.859. The van der Waals surface area contributed by atoms with Crippen LogP contribution in [0.15, 0.2) is 12.4 Å². The molecule has 1 saturated carbocycles. The van der Waals surface area contributed by atoms with Gasteiger partial charge < -0.3 is 15.0 Å². The van der Waals surface area contributed by atoms with Crippen molar-refractivity contribution in [3.63, 3.8) is 0 Å². The predicted octanol–water partition coefficient (Wildman–Crippen LogP) is 1.69. The Labute approximate surface area is 118 Å². The zero-order valence-corrected chi connectivity index (χ0v) is 12.1. The summed E-state index contributed by atoms with van der Waals surface area (Å²) >= 11 is 0. The molecule has 0 radical (unpaired) electrons. The third-order valence-corrected chi connectivity index (χ3v) is 3.99. The highest BCUT2D eigenvalue weighted by atomic mass is 16.4. The van der Waals surface area contributed by atoms with Gasteiger partial charge in [-0.25, -0.2) is 9.78 Å². The number of carbonyl (C=O) groups excluding carboxylic acids is 1. The van der Waals surface area contributed by atoms with E-state index in [1.165, 1.54) is 0 Å². The van der Waals surface area contributed by atoms with E-state index in [9.17, 15) is 14.7 Å². The number of aliphatic carboxylic acids is 1. The van der Waals surface area contributed by atoms with E-state index >= 15 is 0 Å². The monoisotopic (exact) mass is 279 g/mol. The minimum Gasteiger partial charge on any atom is -0.480 e. The molecule has 110 valence electrons. The second-order valence-electron chi connectivity index (χ2n) is 5.75. The van der Waals surface area contributed by atoms with Crippen LogP contribution in [-0.2, 0) is 9.59 Å². The molecule has 20 heavy (non-hydrogen) atoms. The third kappa shape index (κ3) is 2.42. The zero-order valence-electron chi connectivity index (χ0n) is 12.1. The molecule has 1 atom stereocenters. The second kappa shape index (κ2) is 5.26. The highest BCUT2D eigenvalue weighted by molar-refractivity contribution is 5.89. The number of hydrogen-bond acceptors (Lipinski definition) is 3. The summed E-state index contributed by atoms with van der Waals surface area (Å²) in [5.74, 6) is -0.186. The van der Waals surface area contributed by atoms with Crippen LogP contribution in [0.1, 0.15) is 57.8 Å². The molecule has 0 aliphatic heterocycles. The van der Waals surface area contributed by atoms with Gasteiger partial charge in [0.15, 0.2) is 0 Å². The molecule has 6 nitrogen and oxygen atoms in total. The molecule has 2 rings (SSSR count). The number of hydrogen-bond donors (Lipinski definition) is 2. The van der Waals surface area contributed by atoms with Gasteiger partial charge in [0.05, 0.1) is 0 Å². The van der Waals surface area contributed by atoms with Crippen LogP contribution in [0, 0.1) is 0 Å². The molecule has 1 heterocycles. The topological polar surface area (TPSA) is 84.2 Å². The number of rotatable bonds is 5. The van der Waals surface area contributed by atoms with Gasteiger partial charge in [-0.15, -0.1) is 0 Å². The highest BCUT2D eigenvalue weighted by Gasteiger charge is 2.46. The number of aromatic nitrogens is 2. The fourth-order valence-corrected chi connectivity index (χ4v) is 2.49. The maximum absolute atomic E-state index is 12.3. The Kier molecular flexibility index (Phi) is 3.83. The third-order valence-electron chi connectivity index (χ3n) is 3.99. The number of nitrogens with zero attached hydrogens (tertiary/aromatic N) is 2. The summed E-state index contributed by atoms with van der Waals surface area (Å²) in [6.07, 6.45) is 5.26. The molecule has 1 amide bonds. The van der Waals surface area contributed by atoms with Crippen molar-refractivity contribution in [3.05, 3.63) is 18.2 Å². The largest absolute Gasteiger partial charge is 0.480 e. The molecule has 6 heteroatoms. The van der Waals surface area contributed by atoms with Crippen molar-refractivity contribution >= 4 is 11.9 Å². The molecular formula is C14H21N3O3. The fourth-order valence-electron chi connectivity index (χ4n) is 2.49. The van der Waals surface area contributed by atoms with E-state index in [4.69, 9.17) is 0 Å². The molecule has 0 spiro atoms. The first kappa shape index (κ1) is 14.6. The van der Waals surface area contributed by atoms with Gasteiger partial charge in [-0.1, -0.05) is 13.8 Å². The number of carboxylic acid groups (broad SMARTS) is 1. The number of amides is 1. The minimum atomic E-state index is -1.07. The number of imidazole rings is 1. The normalized spacial score (nSPS) is 18.4. The lowest BCUT2D eigenvalue weighted by atomic mass is 9.76. The van der Waals surface area contributed by atoms with Crippen molar-refractivity contribution < 1.29 is 14.7 Å². The second-order valence-corrected chi connectivity index (χ2v) is 5.75. The molecule has 0 saturated heterocycles. The van der Waals surface area contributed by atoms with E-state index in [0.717, 1.165) is 12.2 Å². The van der Waals surface area contributed by atoms with E-state index in [0.29, 0.717) is 12.8 Å². The van der Waals surface area contributed by atoms with Crippen LogP contribution in [-0.4, -0.2) is 32.1 Å². The number of carboxylic acids is 1. The number of nitrogens with one attached hydrogen (secondary N) is 1. The fraction of sp³-hybridized carbons (Fsp3) is 0.643. The summed E-state index contributed by atoms with van der Waals surface area (Å²) < 4.78 is 1.80. The summed E-state index contributed by atoms with van der Waals surface area (Å²) in [6, 6.07) is -0.466. The summed E-state index contributed by atoms with van der Waals surface area (Å²) in [5.41, 5.74) is -1.07. The first-order chi connectivity index (χ1) is 9.37. The van der Waals surface area contributed by atoms with Gasteiger partial charge in [0.2, 0.25) is 5.91 Å². The van der Waals surface area contributed by atoms with Crippen LogP contribution in [0.5, 0.6) is 0 Å². The lowest BCUT2D eigenvalue weighted by Crippen LogP contribution is -2.60. The van der Waals surface area contributed by atoms with Gasteiger partial charge in [-0.2, -0.15) is 0 Å². The Balaban J connectivity index is 2.13. The Morgan fingerprint density at radius 2 is 2.05 bits per heavy atom. The maximum atomic E-state index is 12.3. The molecule has 1 aromatic heterocycles. The Hall–Kier alpha value is -1.85. The summed E-state index contributed by atoms with van der Waals surface area (Å²) in [6.45, 7) is 5.78. The SMILES string of the molecule is CC(C)c1nccn1[C@@H](C)C(=O)NC1(C(=O)O)CCC1. The molecule has 0 aromatic carbocycles. The van der Waals surface area contributed by atoms with Crippen LogP contribution >= 0.6 is 0 Å². The van der Waals surface area contributed by atoms with Crippen molar-refractivity contribution in [1.82, 2.24) is 14.9 Å². The molecule has 0 unspecified atom stereocenters. The maximum Gasteiger partial charge on any atom is 0.329 e. The molecule has 2 N–H and O–H groups in total. The Morgan fingerprint density at radius 3 is 2.50 bits per heavy atom. The average Bonchev–Trinajstić information content (AvgIpc) is 2.81. The standard InChI is InChI=1S/C14H21N3O3/c1-9(2)11-15-7-8-17(11)10(3)12(18)16-14(13(19)20)5-4-6-14/h7-10H,4-6H2,1-3H3,(H,16,18)(H,19,20)/t10-/m0/s1. The van der Waals surface area contributed by atoms with E-state index in [1.807, 2.05) is 13.8 Å². The molecule has 1 fully saturated rings. The van der Waals surface area contributed by atoms with Crippen LogP contribution in [0.2, 0.25) is 0 Å². The zero-order chi connectivity index (χ0) is 14.9. The van der Waals surface area contributed by atoms with Crippen LogP contribution in [0.25, 0.3) is 0 Å². The van der Waals surface area contributed by atoms with Gasteiger partial charge in [0, 0.05) is 18.3 Å². The smallest absolute Gasteiger partial charge is 0.329 e.